The molecule has 0 amide bonds. The number of nitrogens with two attached hydrogens (primary N) is 1. The van der Waals surface area contributed by atoms with Gasteiger partial charge in [0.05, 0.1) is 11.1 Å². The van der Waals surface area contributed by atoms with Crippen molar-refractivity contribution in [3.63, 3.8) is 0 Å². The van der Waals surface area contributed by atoms with Crippen molar-refractivity contribution in [3.8, 4) is 6.07 Å². The van der Waals surface area contributed by atoms with Gasteiger partial charge in [-0.2, -0.15) is 5.26 Å². The van der Waals surface area contributed by atoms with Crippen LogP contribution >= 0.6 is 22.6 Å². The molecule has 0 fully saturated rings. The maximum Gasteiger partial charge on any atom is 0.162 e. The van der Waals surface area contributed by atoms with Crippen molar-refractivity contribution in [2.75, 3.05) is 5.73 Å². The van der Waals surface area contributed by atoms with E-state index in [0.29, 0.717) is 20.4 Å². The monoisotopic (exact) mass is 286 g/mol. The number of hydrogen-bond acceptors (Lipinski definition) is 3. The highest BCUT2D eigenvalue weighted by Gasteiger charge is 2.12. The highest BCUT2D eigenvalue weighted by Crippen LogP contribution is 2.23. The molecule has 0 aliphatic heterocycles. The molecule has 0 aliphatic rings. The summed E-state index contributed by atoms with van der Waals surface area (Å²) in [5, 5.41) is 8.71. The number of benzene rings is 1. The zero-order chi connectivity index (χ0) is 10.0. The summed E-state index contributed by atoms with van der Waals surface area (Å²) < 4.78 is 0.632. The molecule has 1 aromatic rings. The summed E-state index contributed by atoms with van der Waals surface area (Å²) in [6.07, 6.45) is 0. The molecule has 0 heterocycles. The first-order valence-corrected chi connectivity index (χ1v) is 4.64. The van der Waals surface area contributed by atoms with Gasteiger partial charge in [-0.25, -0.2) is 0 Å². The van der Waals surface area contributed by atoms with Gasteiger partial charge in [0, 0.05) is 9.26 Å². The smallest absolute Gasteiger partial charge is 0.162 e. The second-order valence-corrected chi connectivity index (χ2v) is 3.64. The molecule has 0 aliphatic carbocycles. The SMILES string of the molecule is CC(=O)c1c(N)ccc(C#N)c1I. The minimum atomic E-state index is -0.112. The fraction of sp³-hybridized carbons (Fsp3) is 0.111. The molecule has 0 spiro atoms. The average Bonchev–Trinajstić information content (AvgIpc) is 2.04. The maximum atomic E-state index is 11.2. The van der Waals surface area contributed by atoms with Gasteiger partial charge >= 0.3 is 0 Å². The molecule has 0 atom stereocenters. The van der Waals surface area contributed by atoms with Gasteiger partial charge in [-0.15, -0.1) is 0 Å². The molecule has 0 saturated heterocycles. The first-order valence-electron chi connectivity index (χ1n) is 3.57. The Kier molecular flexibility index (Phi) is 2.88. The fourth-order valence-electron chi connectivity index (χ4n) is 1.04. The topological polar surface area (TPSA) is 66.9 Å². The van der Waals surface area contributed by atoms with Crippen LogP contribution < -0.4 is 5.73 Å². The van der Waals surface area contributed by atoms with E-state index < -0.39 is 0 Å². The number of carbonyl (C=O) groups excluding carboxylic acids is 1. The van der Waals surface area contributed by atoms with E-state index in [-0.39, 0.29) is 5.78 Å². The molecule has 4 heteroatoms. The van der Waals surface area contributed by atoms with E-state index in [9.17, 15) is 4.79 Å². The first-order chi connectivity index (χ1) is 6.07. The fourth-order valence-corrected chi connectivity index (χ4v) is 2.03. The lowest BCUT2D eigenvalue weighted by Gasteiger charge is -2.05. The summed E-state index contributed by atoms with van der Waals surface area (Å²) >= 11 is 1.96. The molecule has 0 saturated carbocycles. The van der Waals surface area contributed by atoms with Crippen LogP contribution in [0.15, 0.2) is 12.1 Å². The Balaban J connectivity index is 3.50. The minimum Gasteiger partial charge on any atom is -0.398 e. The molecule has 0 unspecified atom stereocenters. The molecule has 13 heavy (non-hydrogen) atoms. The number of nitrogens with zero attached hydrogens (tertiary/aromatic N) is 1. The largest absolute Gasteiger partial charge is 0.398 e. The number of anilines is 1. The predicted octanol–water partition coefficient (Wildman–Crippen LogP) is 1.95. The lowest BCUT2D eigenvalue weighted by Crippen LogP contribution is -2.04. The number of carbonyl (C=O) groups is 1. The van der Waals surface area contributed by atoms with E-state index in [1.165, 1.54) is 6.92 Å². The van der Waals surface area contributed by atoms with Gasteiger partial charge in [0.1, 0.15) is 6.07 Å². The Morgan fingerprint density at radius 1 is 1.62 bits per heavy atom. The van der Waals surface area contributed by atoms with Crippen molar-refractivity contribution < 1.29 is 4.79 Å². The van der Waals surface area contributed by atoms with E-state index in [4.69, 9.17) is 11.0 Å². The van der Waals surface area contributed by atoms with Crippen LogP contribution in [0.2, 0.25) is 0 Å². The van der Waals surface area contributed by atoms with Crippen LogP contribution in [0.5, 0.6) is 0 Å². The number of halogens is 1. The second-order valence-electron chi connectivity index (χ2n) is 2.56. The molecular formula is C9H7IN2O. The lowest BCUT2D eigenvalue weighted by atomic mass is 10.1. The Labute approximate surface area is 89.7 Å². The third kappa shape index (κ3) is 1.80. The number of ketones is 1. The lowest BCUT2D eigenvalue weighted by molar-refractivity contribution is 0.101. The van der Waals surface area contributed by atoms with Crippen molar-refractivity contribution in [1.29, 1.82) is 5.26 Å². The number of nitrogen functional groups attached to an aromatic ring is 1. The molecule has 1 aromatic carbocycles. The van der Waals surface area contributed by atoms with Crippen molar-refractivity contribution in [3.05, 3.63) is 26.8 Å². The van der Waals surface area contributed by atoms with Crippen LogP contribution in [0.25, 0.3) is 0 Å². The van der Waals surface area contributed by atoms with Crippen molar-refractivity contribution in [2.45, 2.75) is 6.92 Å². The van der Waals surface area contributed by atoms with Crippen molar-refractivity contribution in [2.24, 2.45) is 0 Å². The van der Waals surface area contributed by atoms with Crippen LogP contribution in [0.4, 0.5) is 5.69 Å². The quantitative estimate of drug-likeness (QED) is 0.487. The van der Waals surface area contributed by atoms with Crippen molar-refractivity contribution >= 4 is 34.1 Å². The normalized spacial score (nSPS) is 9.31. The molecular weight excluding hydrogens is 279 g/mol. The van der Waals surface area contributed by atoms with Crippen LogP contribution in [-0.4, -0.2) is 5.78 Å². The summed E-state index contributed by atoms with van der Waals surface area (Å²) in [5.41, 5.74) is 6.97. The average molecular weight is 286 g/mol. The second kappa shape index (κ2) is 3.75. The van der Waals surface area contributed by atoms with Crippen LogP contribution in [0.3, 0.4) is 0 Å². The molecule has 0 aromatic heterocycles. The molecule has 3 nitrogen and oxygen atoms in total. The number of nitriles is 1. The first kappa shape index (κ1) is 9.99. The van der Waals surface area contributed by atoms with Gasteiger partial charge in [0.25, 0.3) is 0 Å². The number of rotatable bonds is 1. The van der Waals surface area contributed by atoms with E-state index in [2.05, 4.69) is 0 Å². The van der Waals surface area contributed by atoms with Gasteiger partial charge in [-0.3, -0.25) is 4.79 Å². The summed E-state index contributed by atoms with van der Waals surface area (Å²) in [5.74, 6) is -0.112. The zero-order valence-electron chi connectivity index (χ0n) is 6.97. The maximum absolute atomic E-state index is 11.2. The van der Waals surface area contributed by atoms with E-state index in [1.54, 1.807) is 12.1 Å². The van der Waals surface area contributed by atoms with Gasteiger partial charge in [-0.1, -0.05) is 0 Å². The molecule has 0 radical (unpaired) electrons. The molecule has 0 bridgehead atoms. The summed E-state index contributed by atoms with van der Waals surface area (Å²) in [7, 11) is 0. The molecule has 66 valence electrons. The number of hydrogen-bond donors (Lipinski definition) is 1. The number of Topliss-reactive ketones (excluding diaryl/α,β-unsaturated/α-hetero) is 1. The van der Waals surface area contributed by atoms with E-state index in [1.807, 2.05) is 28.7 Å². The van der Waals surface area contributed by atoms with Crippen LogP contribution in [0.1, 0.15) is 22.8 Å². The van der Waals surface area contributed by atoms with E-state index in [0.717, 1.165) is 0 Å². The van der Waals surface area contributed by atoms with Gasteiger partial charge < -0.3 is 5.73 Å². The highest BCUT2D eigenvalue weighted by atomic mass is 127. The third-order valence-electron chi connectivity index (χ3n) is 1.65. The zero-order valence-corrected chi connectivity index (χ0v) is 9.12. The van der Waals surface area contributed by atoms with Crippen LogP contribution in [0, 0.1) is 14.9 Å². The minimum absolute atomic E-state index is 0.112. The Morgan fingerprint density at radius 2 is 2.23 bits per heavy atom. The highest BCUT2D eigenvalue weighted by molar-refractivity contribution is 14.1. The standard InChI is InChI=1S/C9H7IN2O/c1-5(13)8-7(12)3-2-6(4-11)9(8)10/h2-3H,12H2,1H3. The Morgan fingerprint density at radius 3 is 2.69 bits per heavy atom. The third-order valence-corrected chi connectivity index (χ3v) is 2.77. The van der Waals surface area contributed by atoms with Gasteiger partial charge in [-0.05, 0) is 41.6 Å². The summed E-state index contributed by atoms with van der Waals surface area (Å²) in [6, 6.07) is 5.20. The Hall–Kier alpha value is -1.09. The van der Waals surface area contributed by atoms with Gasteiger partial charge in [0.2, 0.25) is 0 Å². The van der Waals surface area contributed by atoms with Gasteiger partial charge in [0.15, 0.2) is 5.78 Å². The van der Waals surface area contributed by atoms with Crippen molar-refractivity contribution in [1.82, 2.24) is 0 Å². The summed E-state index contributed by atoms with van der Waals surface area (Å²) in [4.78, 5) is 11.2. The van der Waals surface area contributed by atoms with Crippen LogP contribution in [-0.2, 0) is 0 Å². The Bertz CT molecular complexity index is 407. The molecule has 1 rings (SSSR count). The summed E-state index contributed by atoms with van der Waals surface area (Å²) in [6.45, 7) is 1.44. The predicted molar refractivity (Wildman–Crippen MR) is 58.3 cm³/mol. The molecule has 2 N–H and O–H groups in total. The van der Waals surface area contributed by atoms with E-state index >= 15 is 0 Å².